The molecule has 0 aromatic heterocycles. The fourth-order valence-corrected chi connectivity index (χ4v) is 18.0. The molecule has 5 rings (SSSR count). The number of rotatable bonds is 42. The molecule has 5 aliphatic carbocycles. The van der Waals surface area contributed by atoms with Gasteiger partial charge in [-0.15, -0.1) is 0 Å². The average Bonchev–Trinajstić information content (AvgIpc) is 3.40. The van der Waals surface area contributed by atoms with E-state index < -0.39 is 0 Å². The Morgan fingerprint density at radius 3 is 0.329 bits per heavy atom. The van der Waals surface area contributed by atoms with Crippen molar-refractivity contribution in [1.82, 2.24) is 0 Å². The normalized spacial score (nSPS) is 36.6. The van der Waals surface area contributed by atoms with Crippen molar-refractivity contribution >= 4 is 0 Å². The lowest BCUT2D eigenvalue weighted by atomic mass is 9.55. The maximum Gasteiger partial charge on any atom is -0.0357 e. The van der Waals surface area contributed by atoms with Crippen LogP contribution in [0.15, 0.2) is 0 Å². The fraction of sp³-hybridized carbons (Fsp3) is 1.00. The van der Waals surface area contributed by atoms with Crippen LogP contribution in [-0.4, -0.2) is 0 Å². The Bertz CT molecular complexity index is 1170. The highest BCUT2D eigenvalue weighted by Crippen LogP contribution is 2.52. The van der Waals surface area contributed by atoms with Crippen LogP contribution in [0.5, 0.6) is 0 Å². The van der Waals surface area contributed by atoms with Crippen LogP contribution < -0.4 is 0 Å². The minimum atomic E-state index is 0.973. The van der Waals surface area contributed by atoms with E-state index in [1.54, 1.807) is 0 Å². The van der Waals surface area contributed by atoms with Crippen LogP contribution in [0, 0.1) is 118 Å². The van der Waals surface area contributed by atoms with Crippen molar-refractivity contribution < 1.29 is 0 Å². The van der Waals surface area contributed by atoms with E-state index in [0.29, 0.717) is 0 Å². The van der Waals surface area contributed by atoms with E-state index in [1.807, 2.05) is 0 Å². The lowest BCUT2D eigenvalue weighted by Gasteiger charge is -2.50. The van der Waals surface area contributed by atoms with E-state index in [-0.39, 0.29) is 0 Å². The molecule has 0 N–H and O–H groups in total. The van der Waals surface area contributed by atoms with Crippen molar-refractivity contribution in [2.75, 3.05) is 0 Å². The Kier molecular flexibility index (Phi) is 33.2. The standard InChI is InChI=1S/C46H88.C27H52/c1-35-37(3)43(38(35)4)31-27-23-19-15-11-9-13-17-21-25-29-33-45-41(7)46(42(45)8)34-30-26-22-18-14-10-12-16-20-24-28-32-44-39(5)36(2)40(44)6;1-20-22(3)26(23(20)4)18-16-14-12-10-8-7-9-11-13-15-17-19-27-24(5)21(2)25(27)6/h35-46H,9-34H2,1-8H3;20-27H,7-19H2,1-6H3. The van der Waals surface area contributed by atoms with Crippen LogP contribution in [0.25, 0.3) is 0 Å². The molecule has 5 saturated carbocycles. The largest absolute Gasteiger partial charge is 0.0620 e. The van der Waals surface area contributed by atoms with Gasteiger partial charge in [0.25, 0.3) is 0 Å². The third-order valence-corrected chi connectivity index (χ3v) is 25.5. The molecular weight excluding hydrogens is 877 g/mol. The van der Waals surface area contributed by atoms with Crippen molar-refractivity contribution in [3.8, 4) is 0 Å². The van der Waals surface area contributed by atoms with Crippen molar-refractivity contribution in [2.45, 2.75) is 347 Å². The molecule has 0 aromatic carbocycles. The van der Waals surface area contributed by atoms with Crippen LogP contribution >= 0.6 is 0 Å². The summed E-state index contributed by atoms with van der Waals surface area (Å²) in [5.41, 5.74) is 0. The van der Waals surface area contributed by atoms with Gasteiger partial charge in [-0.25, -0.2) is 0 Å². The lowest BCUT2D eigenvalue weighted by molar-refractivity contribution is -0.0121. The first-order valence-corrected chi connectivity index (χ1v) is 35.2. The molecule has 0 aliphatic heterocycles. The molecule has 73 heavy (non-hydrogen) atoms. The molecule has 0 radical (unpaired) electrons. The summed E-state index contributed by atoms with van der Waals surface area (Å²) in [6, 6.07) is 0. The van der Waals surface area contributed by atoms with Gasteiger partial charge in [-0.3, -0.25) is 0 Å². The number of hydrogen-bond acceptors (Lipinski definition) is 0. The SMILES string of the molecule is CC1C(C)C(CCCCCCCCCCCCCC2C(C)C(C)C2C)C1C.CC1C(C)C(CCCCCCCCCCCCCC2C(C)C(CCCCCCCCCCCCCC3C(C)C(C)C3C)C2C)C1C. The number of hydrogen-bond donors (Lipinski definition) is 0. The molecule has 8 atom stereocenters. The molecule has 8 unspecified atom stereocenters. The van der Waals surface area contributed by atoms with Gasteiger partial charge in [0.1, 0.15) is 0 Å². The lowest BCUT2D eigenvalue weighted by Crippen LogP contribution is -2.43. The van der Waals surface area contributed by atoms with Gasteiger partial charge in [0.05, 0.1) is 0 Å². The summed E-state index contributed by atoms with van der Waals surface area (Å²) in [5.74, 6) is 20.0. The smallest absolute Gasteiger partial charge is 0.0357 e. The molecule has 0 saturated heterocycles. The van der Waals surface area contributed by atoms with E-state index in [0.717, 1.165) is 118 Å². The average molecular weight is 1020 g/mol. The first-order valence-electron chi connectivity index (χ1n) is 35.2. The highest BCUT2D eigenvalue weighted by molar-refractivity contribution is 4.94. The van der Waals surface area contributed by atoms with Gasteiger partial charge >= 0.3 is 0 Å². The van der Waals surface area contributed by atoms with E-state index in [4.69, 9.17) is 0 Å². The highest BCUT2D eigenvalue weighted by Gasteiger charge is 2.45. The second-order valence-corrected chi connectivity index (χ2v) is 29.4. The summed E-state index contributed by atoms with van der Waals surface area (Å²) in [4.78, 5) is 0. The van der Waals surface area contributed by atoms with Crippen molar-refractivity contribution in [1.29, 1.82) is 0 Å². The summed E-state index contributed by atoms with van der Waals surface area (Å²) in [5, 5.41) is 0. The molecule has 0 heteroatoms. The second kappa shape index (κ2) is 37.0. The van der Waals surface area contributed by atoms with Gasteiger partial charge < -0.3 is 0 Å². The van der Waals surface area contributed by atoms with Gasteiger partial charge in [-0.05, 0) is 157 Å². The minimum absolute atomic E-state index is 0.973. The van der Waals surface area contributed by atoms with Crippen molar-refractivity contribution in [2.24, 2.45) is 118 Å². The molecule has 0 heterocycles. The summed E-state index contributed by atoms with van der Waals surface area (Å²) in [6.07, 6.45) is 58.3. The Balaban J connectivity index is 0.000000363. The molecule has 0 spiro atoms. The Labute approximate surface area is 463 Å². The molecule has 0 amide bonds. The van der Waals surface area contributed by atoms with Crippen LogP contribution in [0.1, 0.15) is 347 Å². The summed E-state index contributed by atoms with van der Waals surface area (Å²) in [6.45, 7) is 34.9. The summed E-state index contributed by atoms with van der Waals surface area (Å²) in [7, 11) is 0. The first kappa shape index (κ1) is 65.5. The topological polar surface area (TPSA) is 0 Å². The van der Waals surface area contributed by atoms with Gasteiger partial charge in [0.15, 0.2) is 0 Å². The molecule has 5 fully saturated rings. The summed E-state index contributed by atoms with van der Waals surface area (Å²) < 4.78 is 0. The van der Waals surface area contributed by atoms with Crippen molar-refractivity contribution in [3.05, 3.63) is 0 Å². The van der Waals surface area contributed by atoms with E-state index in [1.165, 1.54) is 250 Å². The highest BCUT2D eigenvalue weighted by atomic mass is 14.5. The predicted octanol–water partition coefficient (Wildman–Crippen LogP) is 24.9. The maximum atomic E-state index is 2.60. The molecule has 0 nitrogen and oxygen atoms in total. The molecule has 0 aromatic rings. The zero-order chi connectivity index (χ0) is 53.1. The molecule has 432 valence electrons. The van der Waals surface area contributed by atoms with E-state index in [9.17, 15) is 0 Å². The Morgan fingerprint density at radius 2 is 0.205 bits per heavy atom. The second-order valence-electron chi connectivity index (χ2n) is 29.4. The van der Waals surface area contributed by atoms with Crippen LogP contribution in [0.3, 0.4) is 0 Å². The van der Waals surface area contributed by atoms with Gasteiger partial charge in [0.2, 0.25) is 0 Å². The summed E-state index contributed by atoms with van der Waals surface area (Å²) >= 11 is 0. The van der Waals surface area contributed by atoms with Crippen LogP contribution in [0.4, 0.5) is 0 Å². The van der Waals surface area contributed by atoms with E-state index >= 15 is 0 Å². The van der Waals surface area contributed by atoms with Gasteiger partial charge in [-0.1, -0.05) is 309 Å². The monoisotopic (exact) mass is 1020 g/mol. The Hall–Kier alpha value is 0. The zero-order valence-corrected chi connectivity index (χ0v) is 53.1. The third kappa shape index (κ3) is 21.5. The van der Waals surface area contributed by atoms with Gasteiger partial charge in [-0.2, -0.15) is 0 Å². The zero-order valence-electron chi connectivity index (χ0n) is 53.1. The van der Waals surface area contributed by atoms with Crippen LogP contribution in [-0.2, 0) is 0 Å². The van der Waals surface area contributed by atoms with Crippen LogP contribution in [0.2, 0.25) is 0 Å². The Morgan fingerprint density at radius 1 is 0.110 bits per heavy atom. The maximum absolute atomic E-state index is 2.60. The number of unbranched alkanes of at least 4 members (excludes halogenated alkanes) is 30. The van der Waals surface area contributed by atoms with E-state index in [2.05, 4.69) is 96.9 Å². The van der Waals surface area contributed by atoms with Gasteiger partial charge in [0, 0.05) is 0 Å². The minimum Gasteiger partial charge on any atom is -0.0620 e. The third-order valence-electron chi connectivity index (χ3n) is 25.5. The van der Waals surface area contributed by atoms with Crippen molar-refractivity contribution in [3.63, 3.8) is 0 Å². The first-order chi connectivity index (χ1) is 35.2. The molecule has 0 bridgehead atoms. The fourth-order valence-electron chi connectivity index (χ4n) is 18.0. The quantitative estimate of drug-likeness (QED) is 0.0535. The molecule has 5 aliphatic rings. The molecular formula is C73H140. The predicted molar refractivity (Wildman–Crippen MR) is 329 cm³/mol.